The summed E-state index contributed by atoms with van der Waals surface area (Å²) in [6.45, 7) is 5.24. The van der Waals surface area contributed by atoms with Crippen molar-refractivity contribution in [2.45, 2.75) is 45.6 Å². The predicted octanol–water partition coefficient (Wildman–Crippen LogP) is 3.12. The first-order valence-corrected chi connectivity index (χ1v) is 6.91. The van der Waals surface area contributed by atoms with E-state index >= 15 is 0 Å². The van der Waals surface area contributed by atoms with Gasteiger partial charge in [-0.15, -0.1) is 0 Å². The summed E-state index contributed by atoms with van der Waals surface area (Å²) in [7, 11) is 0. The van der Waals surface area contributed by atoms with Gasteiger partial charge < -0.3 is 10.1 Å². The summed E-state index contributed by atoms with van der Waals surface area (Å²) < 4.78 is 5.76. The topological polar surface area (TPSA) is 47.0 Å². The molecule has 0 atom stereocenters. The van der Waals surface area contributed by atoms with Gasteiger partial charge in [0.15, 0.2) is 11.0 Å². The highest BCUT2D eigenvalue weighted by atomic mass is 35.5. The minimum Gasteiger partial charge on any atom is -0.376 e. The fourth-order valence-corrected chi connectivity index (χ4v) is 2.37. The quantitative estimate of drug-likeness (QED) is 0.835. The molecule has 1 heterocycles. The third kappa shape index (κ3) is 3.56. The largest absolute Gasteiger partial charge is 0.376 e. The first kappa shape index (κ1) is 13.6. The van der Waals surface area contributed by atoms with E-state index in [-0.39, 0.29) is 0 Å². The normalized spacial score (nSPS) is 16.2. The summed E-state index contributed by atoms with van der Waals surface area (Å²) in [5, 5.41) is 3.60. The van der Waals surface area contributed by atoms with E-state index in [0.717, 1.165) is 11.4 Å². The van der Waals surface area contributed by atoms with Crippen LogP contribution in [0.3, 0.4) is 0 Å². The second kappa shape index (κ2) is 6.34. The maximum atomic E-state index is 6.03. The SMILES string of the molecule is Cc1nc(Cl)c(NCCOC2CCCC2)nc1C. The molecule has 0 aromatic carbocycles. The lowest BCUT2D eigenvalue weighted by molar-refractivity contribution is 0.0658. The Balaban J connectivity index is 1.77. The minimum absolute atomic E-state index is 0.430. The molecule has 1 aromatic rings. The van der Waals surface area contributed by atoms with Crippen LogP contribution in [0.15, 0.2) is 0 Å². The van der Waals surface area contributed by atoms with Crippen LogP contribution in [0, 0.1) is 13.8 Å². The molecule has 18 heavy (non-hydrogen) atoms. The van der Waals surface area contributed by atoms with Gasteiger partial charge in [0.25, 0.3) is 0 Å². The van der Waals surface area contributed by atoms with Crippen LogP contribution in [-0.4, -0.2) is 29.2 Å². The summed E-state index contributed by atoms with van der Waals surface area (Å²) in [6, 6.07) is 0. The van der Waals surface area contributed by atoms with E-state index in [9.17, 15) is 0 Å². The van der Waals surface area contributed by atoms with Crippen LogP contribution in [0.1, 0.15) is 37.1 Å². The fraction of sp³-hybridized carbons (Fsp3) is 0.692. The van der Waals surface area contributed by atoms with Gasteiger partial charge in [0.2, 0.25) is 0 Å². The van der Waals surface area contributed by atoms with Crippen LogP contribution < -0.4 is 5.32 Å². The van der Waals surface area contributed by atoms with Crippen LogP contribution in [-0.2, 0) is 4.74 Å². The van der Waals surface area contributed by atoms with Crippen LogP contribution in [0.4, 0.5) is 5.82 Å². The van der Waals surface area contributed by atoms with Gasteiger partial charge in [0.05, 0.1) is 24.1 Å². The molecule has 1 aliphatic carbocycles. The van der Waals surface area contributed by atoms with Gasteiger partial charge in [-0.25, -0.2) is 9.97 Å². The summed E-state index contributed by atoms with van der Waals surface area (Å²) >= 11 is 6.03. The van der Waals surface area contributed by atoms with Crippen LogP contribution in [0.2, 0.25) is 5.15 Å². The minimum atomic E-state index is 0.430. The molecular weight excluding hydrogens is 250 g/mol. The highest BCUT2D eigenvalue weighted by molar-refractivity contribution is 6.31. The second-order valence-electron chi connectivity index (χ2n) is 4.74. The average Bonchev–Trinajstić information content (AvgIpc) is 2.84. The smallest absolute Gasteiger partial charge is 0.171 e. The zero-order valence-electron chi connectivity index (χ0n) is 11.0. The Kier molecular flexibility index (Phi) is 4.78. The average molecular weight is 270 g/mol. The molecular formula is C13H20ClN3O. The second-order valence-corrected chi connectivity index (χ2v) is 5.10. The number of aromatic nitrogens is 2. The standard InChI is InChI=1S/C13H20ClN3O/c1-9-10(2)17-13(12(14)16-9)15-7-8-18-11-5-3-4-6-11/h11H,3-8H2,1-2H3,(H,15,17). The van der Waals surface area contributed by atoms with Crippen molar-refractivity contribution in [2.75, 3.05) is 18.5 Å². The fourth-order valence-electron chi connectivity index (χ4n) is 2.14. The van der Waals surface area contributed by atoms with Crippen molar-refractivity contribution in [3.8, 4) is 0 Å². The first-order valence-electron chi connectivity index (χ1n) is 6.53. The molecule has 1 fully saturated rings. The van der Waals surface area contributed by atoms with E-state index in [1.165, 1.54) is 25.7 Å². The van der Waals surface area contributed by atoms with Crippen molar-refractivity contribution in [1.82, 2.24) is 9.97 Å². The molecule has 0 unspecified atom stereocenters. The van der Waals surface area contributed by atoms with Crippen molar-refractivity contribution < 1.29 is 4.74 Å². The Labute approximate surface area is 113 Å². The van der Waals surface area contributed by atoms with Crippen molar-refractivity contribution in [1.29, 1.82) is 0 Å². The number of hydrogen-bond donors (Lipinski definition) is 1. The molecule has 1 aliphatic rings. The van der Waals surface area contributed by atoms with Gasteiger partial charge >= 0.3 is 0 Å². The summed E-state index contributed by atoms with van der Waals surface area (Å²) in [6.07, 6.45) is 5.45. The third-order valence-corrected chi connectivity index (χ3v) is 3.58. The van der Waals surface area contributed by atoms with E-state index < -0.39 is 0 Å². The molecule has 0 aliphatic heterocycles. The number of nitrogens with one attached hydrogen (secondary N) is 1. The number of anilines is 1. The van der Waals surface area contributed by atoms with Crippen LogP contribution in [0.5, 0.6) is 0 Å². The number of halogens is 1. The highest BCUT2D eigenvalue weighted by Gasteiger charge is 2.14. The monoisotopic (exact) mass is 269 g/mol. The molecule has 1 saturated carbocycles. The molecule has 1 N–H and O–H groups in total. The molecule has 4 nitrogen and oxygen atoms in total. The maximum absolute atomic E-state index is 6.03. The van der Waals surface area contributed by atoms with E-state index in [2.05, 4.69) is 15.3 Å². The number of nitrogens with zero attached hydrogens (tertiary/aromatic N) is 2. The number of rotatable bonds is 5. The first-order chi connectivity index (χ1) is 8.66. The Morgan fingerprint density at radius 1 is 1.22 bits per heavy atom. The third-order valence-electron chi connectivity index (χ3n) is 3.31. The number of hydrogen-bond acceptors (Lipinski definition) is 4. The Morgan fingerprint density at radius 3 is 2.61 bits per heavy atom. The molecule has 0 amide bonds. The van der Waals surface area contributed by atoms with Gasteiger partial charge in [0, 0.05) is 6.54 Å². The Morgan fingerprint density at radius 2 is 1.89 bits per heavy atom. The van der Waals surface area contributed by atoms with Gasteiger partial charge in [-0.05, 0) is 26.7 Å². The summed E-state index contributed by atoms with van der Waals surface area (Å²) in [4.78, 5) is 8.61. The number of aryl methyl sites for hydroxylation is 2. The van der Waals surface area contributed by atoms with E-state index in [1.807, 2.05) is 13.8 Å². The van der Waals surface area contributed by atoms with E-state index in [1.54, 1.807) is 0 Å². The lowest BCUT2D eigenvalue weighted by atomic mass is 10.3. The van der Waals surface area contributed by atoms with Crippen LogP contribution >= 0.6 is 11.6 Å². The van der Waals surface area contributed by atoms with Crippen LogP contribution in [0.25, 0.3) is 0 Å². The summed E-state index contributed by atoms with van der Waals surface area (Å²) in [5.41, 5.74) is 1.77. The maximum Gasteiger partial charge on any atom is 0.171 e. The molecule has 0 radical (unpaired) electrons. The van der Waals surface area contributed by atoms with E-state index in [0.29, 0.717) is 30.2 Å². The van der Waals surface area contributed by atoms with Gasteiger partial charge in [-0.1, -0.05) is 24.4 Å². The zero-order valence-corrected chi connectivity index (χ0v) is 11.8. The molecule has 2 rings (SSSR count). The van der Waals surface area contributed by atoms with Gasteiger partial charge in [-0.3, -0.25) is 0 Å². The molecule has 0 bridgehead atoms. The molecule has 5 heteroatoms. The number of ether oxygens (including phenoxy) is 1. The van der Waals surface area contributed by atoms with Crippen molar-refractivity contribution in [3.05, 3.63) is 16.5 Å². The predicted molar refractivity (Wildman–Crippen MR) is 73.2 cm³/mol. The van der Waals surface area contributed by atoms with Crippen molar-refractivity contribution >= 4 is 17.4 Å². The highest BCUT2D eigenvalue weighted by Crippen LogP contribution is 2.21. The Bertz CT molecular complexity index is 405. The Hall–Kier alpha value is -0.870. The zero-order chi connectivity index (χ0) is 13.0. The van der Waals surface area contributed by atoms with E-state index in [4.69, 9.17) is 16.3 Å². The molecule has 0 spiro atoms. The molecule has 1 aromatic heterocycles. The molecule has 0 saturated heterocycles. The van der Waals surface area contributed by atoms with Gasteiger partial charge in [0.1, 0.15) is 0 Å². The van der Waals surface area contributed by atoms with Crippen molar-refractivity contribution in [2.24, 2.45) is 0 Å². The van der Waals surface area contributed by atoms with Crippen molar-refractivity contribution in [3.63, 3.8) is 0 Å². The molecule has 100 valence electrons. The lowest BCUT2D eigenvalue weighted by Gasteiger charge is -2.12. The lowest BCUT2D eigenvalue weighted by Crippen LogP contribution is -2.16. The summed E-state index contributed by atoms with van der Waals surface area (Å²) in [5.74, 6) is 0.648. The van der Waals surface area contributed by atoms with Gasteiger partial charge in [-0.2, -0.15) is 0 Å².